The molecule has 0 saturated heterocycles. The first-order valence-electron chi connectivity index (χ1n) is 6.53. The predicted octanol–water partition coefficient (Wildman–Crippen LogP) is 3.95. The summed E-state index contributed by atoms with van der Waals surface area (Å²) in [5.74, 6) is 0. The molecule has 96 valence electrons. The van der Waals surface area contributed by atoms with E-state index < -0.39 is 0 Å². The van der Waals surface area contributed by atoms with Crippen molar-refractivity contribution in [3.8, 4) is 11.3 Å². The van der Waals surface area contributed by atoms with Gasteiger partial charge >= 0.3 is 0 Å². The Labute approximate surface area is 113 Å². The first kappa shape index (κ1) is 12.0. The van der Waals surface area contributed by atoms with Gasteiger partial charge in [-0.25, -0.2) is 0 Å². The Kier molecular flexibility index (Phi) is 3.34. The second-order valence-corrected chi connectivity index (χ2v) is 4.60. The van der Waals surface area contributed by atoms with E-state index in [2.05, 4.69) is 59.2 Å². The number of fused-ring (bicyclic) bond motifs is 1. The lowest BCUT2D eigenvalue weighted by Gasteiger charge is -2.10. The molecule has 0 fully saturated rings. The van der Waals surface area contributed by atoms with Crippen LogP contribution < -0.4 is 0 Å². The van der Waals surface area contributed by atoms with Crippen LogP contribution in [-0.2, 0) is 11.3 Å². The number of nitrogens with zero attached hydrogens (tertiary/aromatic N) is 1. The van der Waals surface area contributed by atoms with Crippen molar-refractivity contribution in [2.24, 2.45) is 0 Å². The summed E-state index contributed by atoms with van der Waals surface area (Å²) in [4.78, 5) is 0. The number of rotatable bonds is 4. The van der Waals surface area contributed by atoms with Crippen molar-refractivity contribution in [3.05, 3.63) is 60.7 Å². The highest BCUT2D eigenvalue weighted by atomic mass is 16.5. The first-order chi connectivity index (χ1) is 9.40. The Morgan fingerprint density at radius 1 is 0.947 bits per heavy atom. The summed E-state index contributed by atoms with van der Waals surface area (Å²) in [6, 6.07) is 21.2. The molecule has 0 aliphatic rings. The Morgan fingerprint density at radius 2 is 1.68 bits per heavy atom. The third-order valence-corrected chi connectivity index (χ3v) is 3.40. The molecule has 0 aliphatic carbocycles. The molecule has 0 atom stereocenters. The fourth-order valence-electron chi connectivity index (χ4n) is 2.48. The van der Waals surface area contributed by atoms with E-state index in [1.807, 2.05) is 6.07 Å². The minimum Gasteiger partial charge on any atom is -0.383 e. The zero-order chi connectivity index (χ0) is 13.1. The number of para-hydroxylation sites is 1. The smallest absolute Gasteiger partial charge is 0.0642 e. The Bertz CT molecular complexity index is 670. The number of benzene rings is 2. The predicted molar refractivity (Wildman–Crippen MR) is 79.3 cm³/mol. The van der Waals surface area contributed by atoms with Crippen molar-refractivity contribution >= 4 is 10.9 Å². The number of hydrogen-bond acceptors (Lipinski definition) is 1. The average molecular weight is 251 g/mol. The molecule has 0 amide bonds. The molecule has 1 aromatic heterocycles. The van der Waals surface area contributed by atoms with Crippen LogP contribution in [0.25, 0.3) is 22.2 Å². The normalized spacial score (nSPS) is 11.0. The van der Waals surface area contributed by atoms with Gasteiger partial charge < -0.3 is 9.30 Å². The van der Waals surface area contributed by atoms with Gasteiger partial charge in [-0.3, -0.25) is 0 Å². The van der Waals surface area contributed by atoms with Crippen molar-refractivity contribution in [3.63, 3.8) is 0 Å². The quantitative estimate of drug-likeness (QED) is 0.684. The summed E-state index contributed by atoms with van der Waals surface area (Å²) in [5.41, 5.74) is 3.76. The van der Waals surface area contributed by atoms with E-state index >= 15 is 0 Å². The van der Waals surface area contributed by atoms with Crippen LogP contribution in [0.1, 0.15) is 0 Å². The lowest BCUT2D eigenvalue weighted by molar-refractivity contribution is 0.189. The minimum absolute atomic E-state index is 0.721. The van der Waals surface area contributed by atoms with Gasteiger partial charge in [0.1, 0.15) is 0 Å². The van der Waals surface area contributed by atoms with E-state index in [1.54, 1.807) is 7.11 Å². The Balaban J connectivity index is 2.17. The molecule has 2 heteroatoms. The molecule has 2 nitrogen and oxygen atoms in total. The highest BCUT2D eigenvalue weighted by molar-refractivity contribution is 5.87. The van der Waals surface area contributed by atoms with Gasteiger partial charge in [0.2, 0.25) is 0 Å². The molecule has 0 saturated carbocycles. The van der Waals surface area contributed by atoms with Crippen LogP contribution in [0.2, 0.25) is 0 Å². The topological polar surface area (TPSA) is 14.2 Å². The molecule has 0 radical (unpaired) electrons. The minimum atomic E-state index is 0.721. The van der Waals surface area contributed by atoms with Crippen LogP contribution in [0.15, 0.2) is 60.7 Å². The maximum absolute atomic E-state index is 5.23. The van der Waals surface area contributed by atoms with E-state index in [9.17, 15) is 0 Å². The van der Waals surface area contributed by atoms with Gasteiger partial charge in [-0.05, 0) is 17.7 Å². The fourth-order valence-corrected chi connectivity index (χ4v) is 2.48. The average Bonchev–Trinajstić information content (AvgIpc) is 2.85. The van der Waals surface area contributed by atoms with E-state index in [0.717, 1.165) is 13.2 Å². The largest absolute Gasteiger partial charge is 0.383 e. The third kappa shape index (κ3) is 2.27. The lowest BCUT2D eigenvalue weighted by Crippen LogP contribution is -2.05. The van der Waals surface area contributed by atoms with Gasteiger partial charge in [0.05, 0.1) is 6.61 Å². The highest BCUT2D eigenvalue weighted by Crippen LogP contribution is 2.27. The van der Waals surface area contributed by atoms with Crippen LogP contribution >= 0.6 is 0 Å². The van der Waals surface area contributed by atoms with Crippen molar-refractivity contribution < 1.29 is 4.74 Å². The van der Waals surface area contributed by atoms with E-state index in [0.29, 0.717) is 0 Å². The lowest BCUT2D eigenvalue weighted by atomic mass is 10.1. The van der Waals surface area contributed by atoms with Crippen molar-refractivity contribution in [1.29, 1.82) is 0 Å². The van der Waals surface area contributed by atoms with Crippen LogP contribution in [0, 0.1) is 0 Å². The Hall–Kier alpha value is -2.06. The van der Waals surface area contributed by atoms with Crippen molar-refractivity contribution in [2.75, 3.05) is 13.7 Å². The van der Waals surface area contributed by atoms with Gasteiger partial charge in [-0.2, -0.15) is 0 Å². The van der Waals surface area contributed by atoms with Gasteiger partial charge in [0.25, 0.3) is 0 Å². The zero-order valence-corrected chi connectivity index (χ0v) is 11.0. The molecular formula is C17H17NO. The summed E-state index contributed by atoms with van der Waals surface area (Å²) in [7, 11) is 1.74. The zero-order valence-electron chi connectivity index (χ0n) is 11.0. The van der Waals surface area contributed by atoms with Gasteiger partial charge in [-0.1, -0.05) is 48.5 Å². The second kappa shape index (κ2) is 5.29. The molecule has 0 spiro atoms. The number of ether oxygens (including phenoxy) is 1. The first-order valence-corrected chi connectivity index (χ1v) is 6.53. The molecule has 0 N–H and O–H groups in total. The molecule has 3 rings (SSSR count). The van der Waals surface area contributed by atoms with E-state index in [-0.39, 0.29) is 0 Å². The van der Waals surface area contributed by atoms with Gasteiger partial charge in [0.15, 0.2) is 0 Å². The van der Waals surface area contributed by atoms with Crippen LogP contribution in [-0.4, -0.2) is 18.3 Å². The van der Waals surface area contributed by atoms with Crippen molar-refractivity contribution in [1.82, 2.24) is 4.57 Å². The van der Waals surface area contributed by atoms with E-state index in [1.165, 1.54) is 22.2 Å². The standard InChI is InChI=1S/C17H17NO/c1-19-12-11-18-16-10-6-5-9-15(16)13-17(18)14-7-3-2-4-8-14/h2-10,13H,11-12H2,1H3. The number of hydrogen-bond donors (Lipinski definition) is 0. The maximum Gasteiger partial charge on any atom is 0.0642 e. The van der Waals surface area contributed by atoms with Gasteiger partial charge in [0, 0.05) is 30.3 Å². The van der Waals surface area contributed by atoms with Crippen LogP contribution in [0.4, 0.5) is 0 Å². The Morgan fingerprint density at radius 3 is 2.47 bits per heavy atom. The highest BCUT2D eigenvalue weighted by Gasteiger charge is 2.09. The summed E-state index contributed by atoms with van der Waals surface area (Å²) >= 11 is 0. The summed E-state index contributed by atoms with van der Waals surface area (Å²) in [5, 5.41) is 1.28. The summed E-state index contributed by atoms with van der Waals surface area (Å²) in [6.07, 6.45) is 0. The molecule has 3 aromatic rings. The molecule has 0 unspecified atom stereocenters. The van der Waals surface area contributed by atoms with Crippen LogP contribution in [0.3, 0.4) is 0 Å². The fraction of sp³-hybridized carbons (Fsp3) is 0.176. The number of aromatic nitrogens is 1. The van der Waals surface area contributed by atoms with Crippen LogP contribution in [0.5, 0.6) is 0 Å². The molecule has 1 heterocycles. The molecule has 0 aliphatic heterocycles. The third-order valence-electron chi connectivity index (χ3n) is 3.40. The maximum atomic E-state index is 5.23. The molecule has 0 bridgehead atoms. The monoisotopic (exact) mass is 251 g/mol. The van der Waals surface area contributed by atoms with E-state index in [4.69, 9.17) is 4.74 Å². The summed E-state index contributed by atoms with van der Waals surface area (Å²) < 4.78 is 7.56. The molecule has 2 aromatic carbocycles. The number of methoxy groups -OCH3 is 1. The summed E-state index contributed by atoms with van der Waals surface area (Å²) in [6.45, 7) is 1.59. The molecule has 19 heavy (non-hydrogen) atoms. The second-order valence-electron chi connectivity index (χ2n) is 4.60. The molecular weight excluding hydrogens is 234 g/mol. The van der Waals surface area contributed by atoms with Gasteiger partial charge in [-0.15, -0.1) is 0 Å². The van der Waals surface area contributed by atoms with Crippen molar-refractivity contribution in [2.45, 2.75) is 6.54 Å². The SMILES string of the molecule is COCCn1c(-c2ccccc2)cc2ccccc21.